The van der Waals surface area contributed by atoms with Crippen LogP contribution in [0.4, 0.5) is 0 Å². The predicted molar refractivity (Wildman–Crippen MR) is 75.4 cm³/mol. The number of hydrogen-bond donors (Lipinski definition) is 1. The first kappa shape index (κ1) is 13.5. The van der Waals surface area contributed by atoms with Gasteiger partial charge in [0.15, 0.2) is 0 Å². The van der Waals surface area contributed by atoms with Gasteiger partial charge in [-0.1, -0.05) is 19.8 Å². The fourth-order valence-electron chi connectivity index (χ4n) is 3.03. The van der Waals surface area contributed by atoms with Crippen LogP contribution in [-0.2, 0) is 6.54 Å². The lowest BCUT2D eigenvalue weighted by atomic mass is 9.89. The first-order valence-corrected chi connectivity index (χ1v) is 7.13. The van der Waals surface area contributed by atoms with Crippen LogP contribution in [0.3, 0.4) is 0 Å². The van der Waals surface area contributed by atoms with E-state index >= 15 is 0 Å². The summed E-state index contributed by atoms with van der Waals surface area (Å²) in [5.41, 5.74) is 1.35. The Morgan fingerprint density at radius 3 is 2.72 bits per heavy atom. The fourth-order valence-corrected chi connectivity index (χ4v) is 3.03. The van der Waals surface area contributed by atoms with Crippen LogP contribution in [0.25, 0.3) is 0 Å². The van der Waals surface area contributed by atoms with Crippen LogP contribution in [0, 0.1) is 0 Å². The van der Waals surface area contributed by atoms with Crippen LogP contribution in [0.5, 0.6) is 0 Å². The molecule has 1 aromatic heterocycles. The van der Waals surface area contributed by atoms with Crippen molar-refractivity contribution in [3.05, 3.63) is 30.1 Å². The van der Waals surface area contributed by atoms with E-state index in [0.717, 1.165) is 13.1 Å². The van der Waals surface area contributed by atoms with Crippen molar-refractivity contribution in [1.82, 2.24) is 15.2 Å². The zero-order chi connectivity index (χ0) is 12.8. The van der Waals surface area contributed by atoms with Crippen LogP contribution in [-0.4, -0.2) is 35.6 Å². The number of likely N-dealkylation sites (N-methyl/N-ethyl adjacent to an activating group) is 2. The molecule has 0 bridgehead atoms. The van der Waals surface area contributed by atoms with Gasteiger partial charge in [0.1, 0.15) is 0 Å². The van der Waals surface area contributed by atoms with Crippen molar-refractivity contribution in [2.75, 3.05) is 13.6 Å². The summed E-state index contributed by atoms with van der Waals surface area (Å²) in [5, 5.41) is 3.65. The van der Waals surface area contributed by atoms with Gasteiger partial charge in [-0.3, -0.25) is 9.88 Å². The molecule has 1 fully saturated rings. The molecule has 1 N–H and O–H groups in total. The molecule has 3 nitrogen and oxygen atoms in total. The Morgan fingerprint density at radius 2 is 2.00 bits per heavy atom. The van der Waals surface area contributed by atoms with Crippen molar-refractivity contribution in [3.63, 3.8) is 0 Å². The summed E-state index contributed by atoms with van der Waals surface area (Å²) in [6, 6.07) is 5.56. The molecule has 0 aromatic carbocycles. The second-order valence-electron chi connectivity index (χ2n) is 5.29. The van der Waals surface area contributed by atoms with Gasteiger partial charge in [0.05, 0.1) is 0 Å². The molecule has 0 aliphatic heterocycles. The van der Waals surface area contributed by atoms with E-state index in [2.05, 4.69) is 41.3 Å². The Morgan fingerprint density at radius 1 is 1.28 bits per heavy atom. The average molecular weight is 247 g/mol. The Kier molecular flexibility index (Phi) is 5.14. The zero-order valence-electron chi connectivity index (χ0n) is 11.6. The molecule has 1 saturated carbocycles. The molecule has 2 rings (SSSR count). The molecule has 1 aromatic rings. The molecule has 2 atom stereocenters. The maximum atomic E-state index is 4.08. The summed E-state index contributed by atoms with van der Waals surface area (Å²) in [4.78, 5) is 6.58. The van der Waals surface area contributed by atoms with Gasteiger partial charge in [0, 0.05) is 31.0 Å². The molecule has 1 aliphatic rings. The van der Waals surface area contributed by atoms with Crippen LogP contribution in [0.2, 0.25) is 0 Å². The van der Waals surface area contributed by atoms with Gasteiger partial charge < -0.3 is 5.32 Å². The highest BCUT2D eigenvalue weighted by Gasteiger charge is 2.27. The monoisotopic (exact) mass is 247 g/mol. The minimum atomic E-state index is 0.663. The first-order valence-electron chi connectivity index (χ1n) is 7.13. The van der Waals surface area contributed by atoms with Crippen molar-refractivity contribution in [2.24, 2.45) is 0 Å². The van der Waals surface area contributed by atoms with Gasteiger partial charge in [0.25, 0.3) is 0 Å². The molecule has 0 spiro atoms. The third-order valence-corrected chi connectivity index (χ3v) is 3.94. The second kappa shape index (κ2) is 6.86. The maximum absolute atomic E-state index is 4.08. The van der Waals surface area contributed by atoms with E-state index in [0.29, 0.717) is 12.1 Å². The van der Waals surface area contributed by atoms with Gasteiger partial charge >= 0.3 is 0 Å². The second-order valence-corrected chi connectivity index (χ2v) is 5.29. The van der Waals surface area contributed by atoms with Gasteiger partial charge in [-0.25, -0.2) is 0 Å². The third kappa shape index (κ3) is 3.53. The summed E-state index contributed by atoms with van der Waals surface area (Å²) < 4.78 is 0. The molecule has 0 saturated heterocycles. The lowest BCUT2D eigenvalue weighted by Crippen LogP contribution is -2.50. The molecule has 1 heterocycles. The van der Waals surface area contributed by atoms with Crippen molar-refractivity contribution in [1.29, 1.82) is 0 Å². The average Bonchev–Trinajstić information content (AvgIpc) is 2.41. The van der Waals surface area contributed by atoms with Gasteiger partial charge in [-0.15, -0.1) is 0 Å². The lowest BCUT2D eigenvalue weighted by molar-refractivity contribution is 0.144. The standard InChI is InChI=1S/C15H25N3/c1-3-17-14-6-4-5-7-15(14)18(2)12-13-8-10-16-11-9-13/h8-11,14-15,17H,3-7,12H2,1-2H3. The third-order valence-electron chi connectivity index (χ3n) is 3.94. The van der Waals surface area contributed by atoms with Crippen molar-refractivity contribution in [3.8, 4) is 0 Å². The van der Waals surface area contributed by atoms with E-state index < -0.39 is 0 Å². The number of nitrogens with zero attached hydrogens (tertiary/aromatic N) is 2. The molecule has 0 amide bonds. The number of hydrogen-bond acceptors (Lipinski definition) is 3. The molecular weight excluding hydrogens is 222 g/mol. The molecule has 1 aliphatic carbocycles. The summed E-state index contributed by atoms with van der Waals surface area (Å²) in [6.45, 7) is 4.30. The Bertz CT molecular complexity index is 337. The van der Waals surface area contributed by atoms with Crippen LogP contribution in [0.1, 0.15) is 38.2 Å². The molecule has 100 valence electrons. The summed E-state index contributed by atoms with van der Waals surface area (Å²) in [5.74, 6) is 0. The highest BCUT2D eigenvalue weighted by atomic mass is 15.2. The number of nitrogens with one attached hydrogen (secondary N) is 1. The Balaban J connectivity index is 1.95. The van der Waals surface area contributed by atoms with Crippen LogP contribution < -0.4 is 5.32 Å². The van der Waals surface area contributed by atoms with E-state index in [-0.39, 0.29) is 0 Å². The quantitative estimate of drug-likeness (QED) is 0.866. The van der Waals surface area contributed by atoms with Crippen LogP contribution >= 0.6 is 0 Å². The molecule has 2 unspecified atom stereocenters. The SMILES string of the molecule is CCNC1CCCCC1N(C)Cc1ccncc1. The summed E-state index contributed by atoms with van der Waals surface area (Å²) in [7, 11) is 2.25. The maximum Gasteiger partial charge on any atom is 0.0271 e. The molecule has 0 radical (unpaired) electrons. The van der Waals surface area contributed by atoms with Crippen LogP contribution in [0.15, 0.2) is 24.5 Å². The highest BCUT2D eigenvalue weighted by molar-refractivity contribution is 5.09. The molecule has 3 heteroatoms. The largest absolute Gasteiger partial charge is 0.313 e. The number of pyridine rings is 1. The smallest absolute Gasteiger partial charge is 0.0271 e. The van der Waals surface area contributed by atoms with E-state index in [1.54, 1.807) is 0 Å². The predicted octanol–water partition coefficient (Wildman–Crippen LogP) is 2.43. The first-order chi connectivity index (χ1) is 8.81. The normalized spacial score (nSPS) is 24.4. The minimum Gasteiger partial charge on any atom is -0.313 e. The summed E-state index contributed by atoms with van der Waals surface area (Å²) >= 11 is 0. The zero-order valence-corrected chi connectivity index (χ0v) is 11.6. The van der Waals surface area contributed by atoms with Gasteiger partial charge in [-0.2, -0.15) is 0 Å². The van der Waals surface area contributed by atoms with E-state index in [1.165, 1.54) is 31.2 Å². The van der Waals surface area contributed by atoms with E-state index in [4.69, 9.17) is 0 Å². The van der Waals surface area contributed by atoms with Crippen molar-refractivity contribution in [2.45, 2.75) is 51.2 Å². The van der Waals surface area contributed by atoms with Gasteiger partial charge in [-0.05, 0) is 44.1 Å². The van der Waals surface area contributed by atoms with E-state index in [9.17, 15) is 0 Å². The molecular formula is C15H25N3. The van der Waals surface area contributed by atoms with Crippen molar-refractivity contribution < 1.29 is 0 Å². The molecule has 18 heavy (non-hydrogen) atoms. The number of aromatic nitrogens is 1. The van der Waals surface area contributed by atoms with Gasteiger partial charge in [0.2, 0.25) is 0 Å². The van der Waals surface area contributed by atoms with E-state index in [1.807, 2.05) is 12.4 Å². The lowest BCUT2D eigenvalue weighted by Gasteiger charge is -2.38. The Hall–Kier alpha value is -0.930. The fraction of sp³-hybridized carbons (Fsp3) is 0.667. The summed E-state index contributed by atoms with van der Waals surface area (Å²) in [6.07, 6.45) is 9.14. The topological polar surface area (TPSA) is 28.2 Å². The van der Waals surface area contributed by atoms with Crippen molar-refractivity contribution >= 4 is 0 Å². The highest BCUT2D eigenvalue weighted by Crippen LogP contribution is 2.23. The minimum absolute atomic E-state index is 0.663. The number of rotatable bonds is 5. The Labute approximate surface area is 111 Å².